The van der Waals surface area contributed by atoms with Gasteiger partial charge in [0.25, 0.3) is 5.96 Å². The summed E-state index contributed by atoms with van der Waals surface area (Å²) in [6.45, 7) is 5.04. The zero-order valence-corrected chi connectivity index (χ0v) is 11.7. The number of carbonyl (C=O) groups excluding carboxylic acids is 1. The van der Waals surface area contributed by atoms with E-state index < -0.39 is 5.03 Å². The predicted octanol–water partition coefficient (Wildman–Crippen LogP) is 0.515. The highest BCUT2D eigenvalue weighted by Gasteiger charge is 2.35. The van der Waals surface area contributed by atoms with Gasteiger partial charge in [0.1, 0.15) is 5.10 Å². The van der Waals surface area contributed by atoms with Crippen molar-refractivity contribution in [1.82, 2.24) is 9.80 Å². The summed E-state index contributed by atoms with van der Waals surface area (Å²) < 4.78 is 5.32. The van der Waals surface area contributed by atoms with E-state index in [0.717, 1.165) is 19.4 Å². The van der Waals surface area contributed by atoms with E-state index in [1.807, 2.05) is 11.8 Å². The van der Waals surface area contributed by atoms with Crippen LogP contribution in [0.2, 0.25) is 0 Å². The van der Waals surface area contributed by atoms with Crippen molar-refractivity contribution in [2.75, 3.05) is 32.8 Å². The smallest absolute Gasteiger partial charge is 0.280 e. The molecule has 0 aromatic rings. The van der Waals surface area contributed by atoms with Crippen molar-refractivity contribution in [3.63, 3.8) is 0 Å². The van der Waals surface area contributed by atoms with Crippen LogP contribution in [0.1, 0.15) is 26.2 Å². The largest absolute Gasteiger partial charge is 0.381 e. The fraction of sp³-hybridized carbons (Fsp3) is 0.833. The summed E-state index contributed by atoms with van der Waals surface area (Å²) in [7, 11) is 0. The van der Waals surface area contributed by atoms with E-state index >= 15 is 0 Å². The second-order valence-corrected chi connectivity index (χ2v) is 5.11. The average Bonchev–Trinajstić information content (AvgIpc) is 3.01. The van der Waals surface area contributed by atoms with Crippen LogP contribution in [0.25, 0.3) is 0 Å². The minimum Gasteiger partial charge on any atom is -0.381 e. The molecule has 1 amide bonds. The van der Waals surface area contributed by atoms with Crippen LogP contribution in [0.15, 0.2) is 5.10 Å². The van der Waals surface area contributed by atoms with Crippen molar-refractivity contribution < 1.29 is 14.6 Å². The molecule has 1 unspecified atom stereocenters. The zero-order chi connectivity index (χ0) is 14.5. The van der Waals surface area contributed by atoms with Gasteiger partial charge in [-0.25, -0.2) is 10.1 Å². The Morgan fingerprint density at radius 2 is 2.35 bits per heavy atom. The van der Waals surface area contributed by atoms with Crippen LogP contribution in [-0.2, 0) is 9.53 Å². The molecular formula is C12H20N4O4. The number of hydrogen-bond acceptors (Lipinski definition) is 4. The molecule has 0 aromatic carbocycles. The Morgan fingerprint density at radius 3 is 2.95 bits per heavy atom. The molecule has 8 nitrogen and oxygen atoms in total. The molecule has 2 heterocycles. The zero-order valence-electron chi connectivity index (χ0n) is 11.7. The molecule has 1 atom stereocenters. The molecule has 0 radical (unpaired) electrons. The molecule has 20 heavy (non-hydrogen) atoms. The Hall–Kier alpha value is -1.70. The van der Waals surface area contributed by atoms with Crippen LogP contribution in [0.4, 0.5) is 0 Å². The van der Waals surface area contributed by atoms with Gasteiger partial charge in [0.05, 0.1) is 6.61 Å². The Bertz CT molecular complexity index is 406. The number of rotatable bonds is 5. The van der Waals surface area contributed by atoms with Crippen molar-refractivity contribution in [3.05, 3.63) is 10.1 Å². The van der Waals surface area contributed by atoms with E-state index in [-0.39, 0.29) is 11.9 Å². The number of nitrogens with zero attached hydrogens (tertiary/aromatic N) is 4. The lowest BCUT2D eigenvalue weighted by molar-refractivity contribution is -0.486. The molecule has 0 bridgehead atoms. The van der Waals surface area contributed by atoms with Gasteiger partial charge in [-0.1, -0.05) is 6.92 Å². The number of amides is 1. The summed E-state index contributed by atoms with van der Waals surface area (Å²) in [4.78, 5) is 25.9. The third-order valence-electron chi connectivity index (χ3n) is 3.56. The minimum atomic E-state index is -0.731. The standard InChI is InChI=1S/C12H20N4O4/c1-2-3-11(17)15-6-5-14(12(15)13-16(18)19)8-10-4-7-20-9-10/h10H,2-9H2,1H3/b13-12+. The van der Waals surface area contributed by atoms with Crippen molar-refractivity contribution in [3.8, 4) is 0 Å². The molecule has 2 aliphatic rings. The molecule has 2 aliphatic heterocycles. The molecule has 8 heteroatoms. The summed E-state index contributed by atoms with van der Waals surface area (Å²) in [6.07, 6.45) is 2.06. The summed E-state index contributed by atoms with van der Waals surface area (Å²) in [5, 5.41) is 13.4. The second kappa shape index (κ2) is 6.65. The van der Waals surface area contributed by atoms with Crippen LogP contribution in [0, 0.1) is 16.0 Å². The summed E-state index contributed by atoms with van der Waals surface area (Å²) >= 11 is 0. The van der Waals surface area contributed by atoms with Gasteiger partial charge in [-0.3, -0.25) is 9.69 Å². The number of hydrogen-bond donors (Lipinski definition) is 0. The fourth-order valence-electron chi connectivity index (χ4n) is 2.58. The van der Waals surface area contributed by atoms with Crippen molar-refractivity contribution in [1.29, 1.82) is 0 Å². The highest BCUT2D eigenvalue weighted by molar-refractivity contribution is 5.98. The summed E-state index contributed by atoms with van der Waals surface area (Å²) in [6, 6.07) is 0. The number of ether oxygens (including phenoxy) is 1. The summed E-state index contributed by atoms with van der Waals surface area (Å²) in [5.41, 5.74) is 0. The molecule has 112 valence electrons. The number of nitro groups is 1. The minimum absolute atomic E-state index is 0.0988. The quantitative estimate of drug-likeness (QED) is 0.542. The van der Waals surface area contributed by atoms with Crippen LogP contribution < -0.4 is 0 Å². The summed E-state index contributed by atoms with van der Waals surface area (Å²) in [5.74, 6) is 0.437. The van der Waals surface area contributed by atoms with Gasteiger partial charge >= 0.3 is 0 Å². The lowest BCUT2D eigenvalue weighted by Crippen LogP contribution is -2.40. The lowest BCUT2D eigenvalue weighted by Gasteiger charge is -2.21. The normalized spacial score (nSPS) is 24.6. The maximum Gasteiger partial charge on any atom is 0.280 e. The van der Waals surface area contributed by atoms with E-state index in [4.69, 9.17) is 4.74 Å². The van der Waals surface area contributed by atoms with Crippen molar-refractivity contribution >= 4 is 11.9 Å². The molecule has 0 aliphatic carbocycles. The second-order valence-electron chi connectivity index (χ2n) is 5.11. The van der Waals surface area contributed by atoms with Crippen LogP contribution >= 0.6 is 0 Å². The van der Waals surface area contributed by atoms with Gasteiger partial charge < -0.3 is 9.64 Å². The molecule has 0 aromatic heterocycles. The topological polar surface area (TPSA) is 88.3 Å². The third-order valence-corrected chi connectivity index (χ3v) is 3.56. The van der Waals surface area contributed by atoms with Gasteiger partial charge in [0.2, 0.25) is 5.91 Å². The van der Waals surface area contributed by atoms with Gasteiger partial charge in [-0.2, -0.15) is 0 Å². The average molecular weight is 284 g/mol. The molecular weight excluding hydrogens is 264 g/mol. The van der Waals surface area contributed by atoms with Crippen molar-refractivity contribution in [2.45, 2.75) is 26.2 Å². The van der Waals surface area contributed by atoms with Gasteiger partial charge in [0.15, 0.2) is 5.03 Å². The monoisotopic (exact) mass is 284 g/mol. The van der Waals surface area contributed by atoms with Gasteiger partial charge in [0, 0.05) is 38.6 Å². The first-order valence-electron chi connectivity index (χ1n) is 6.98. The van der Waals surface area contributed by atoms with E-state index in [0.29, 0.717) is 38.6 Å². The van der Waals surface area contributed by atoms with Crippen LogP contribution in [0.3, 0.4) is 0 Å². The van der Waals surface area contributed by atoms with E-state index in [1.165, 1.54) is 4.90 Å². The maximum absolute atomic E-state index is 12.0. The first-order valence-corrected chi connectivity index (χ1v) is 6.98. The van der Waals surface area contributed by atoms with E-state index in [9.17, 15) is 14.9 Å². The Kier molecular flexibility index (Phi) is 4.89. The van der Waals surface area contributed by atoms with Crippen molar-refractivity contribution in [2.24, 2.45) is 11.0 Å². The molecule has 0 N–H and O–H groups in total. The van der Waals surface area contributed by atoms with Gasteiger partial charge in [-0.05, 0) is 12.8 Å². The molecule has 0 spiro atoms. The fourth-order valence-corrected chi connectivity index (χ4v) is 2.58. The third kappa shape index (κ3) is 3.44. The lowest BCUT2D eigenvalue weighted by atomic mass is 10.1. The number of hydrazone groups is 1. The molecule has 2 fully saturated rings. The molecule has 2 rings (SSSR count). The first-order chi connectivity index (χ1) is 9.61. The van der Waals surface area contributed by atoms with Crippen LogP contribution in [-0.4, -0.2) is 59.5 Å². The predicted molar refractivity (Wildman–Crippen MR) is 71.5 cm³/mol. The Labute approximate surface area is 117 Å². The van der Waals surface area contributed by atoms with E-state index in [2.05, 4.69) is 5.10 Å². The number of guanidine groups is 1. The SMILES string of the molecule is CCCC(=O)N1CCN(CC2CCOC2)/C1=N\[N+](=O)[O-]. The Balaban J connectivity index is 2.08. The van der Waals surface area contributed by atoms with Gasteiger partial charge in [-0.15, -0.1) is 0 Å². The Morgan fingerprint density at radius 1 is 1.55 bits per heavy atom. The molecule has 0 saturated carbocycles. The van der Waals surface area contributed by atoms with Crippen LogP contribution in [0.5, 0.6) is 0 Å². The van der Waals surface area contributed by atoms with E-state index in [1.54, 1.807) is 0 Å². The highest BCUT2D eigenvalue weighted by Crippen LogP contribution is 2.18. The molecule has 2 saturated heterocycles. The number of carbonyl (C=O) groups is 1. The highest BCUT2D eigenvalue weighted by atomic mass is 16.7. The maximum atomic E-state index is 12.0. The first kappa shape index (κ1) is 14.7.